The number of carbonyl (C=O) groups is 1. The molecule has 106 valence electrons. The topological polar surface area (TPSA) is 67.8 Å². The second-order valence-corrected chi connectivity index (χ2v) is 4.29. The van der Waals surface area contributed by atoms with E-state index < -0.39 is 5.97 Å². The molecule has 0 aliphatic carbocycles. The first-order chi connectivity index (χ1) is 9.04. The highest BCUT2D eigenvalue weighted by Gasteiger charge is 2.19. The van der Waals surface area contributed by atoms with Crippen LogP contribution in [0.25, 0.3) is 0 Å². The Labute approximate surface area is 113 Å². The van der Waals surface area contributed by atoms with Crippen LogP contribution in [0.4, 0.5) is 0 Å². The number of nitrogens with one attached hydrogen (secondary N) is 1. The van der Waals surface area contributed by atoms with Gasteiger partial charge in [0.2, 0.25) is 0 Å². The number of methoxy groups -OCH3 is 2. The van der Waals surface area contributed by atoms with Crippen molar-refractivity contribution in [3.05, 3.63) is 23.3 Å². The average molecular weight is 267 g/mol. The molecule has 1 aromatic rings. The number of hydrogen-bond donors (Lipinski definition) is 2. The normalized spacial score (nSPS) is 12.0. The lowest BCUT2D eigenvalue weighted by Crippen LogP contribution is -2.18. The molecular formula is C14H21NO4. The van der Waals surface area contributed by atoms with E-state index in [2.05, 4.69) is 5.32 Å². The molecule has 0 saturated heterocycles. The molecule has 0 heterocycles. The van der Waals surface area contributed by atoms with E-state index >= 15 is 0 Å². The van der Waals surface area contributed by atoms with Crippen LogP contribution >= 0.6 is 0 Å². The van der Waals surface area contributed by atoms with Gasteiger partial charge >= 0.3 is 5.97 Å². The highest BCUT2D eigenvalue weighted by atomic mass is 16.5. The minimum absolute atomic E-state index is 0.0596. The lowest BCUT2D eigenvalue weighted by atomic mass is 9.98. The smallest absolute Gasteiger partial charge is 0.303 e. The molecule has 1 rings (SSSR count). The Morgan fingerprint density at radius 1 is 1.37 bits per heavy atom. The molecule has 0 radical (unpaired) electrons. The van der Waals surface area contributed by atoms with Crippen LogP contribution in [0.2, 0.25) is 0 Å². The zero-order chi connectivity index (χ0) is 14.4. The number of carboxylic acid groups (broad SMARTS) is 1. The van der Waals surface area contributed by atoms with Gasteiger partial charge in [-0.15, -0.1) is 0 Å². The van der Waals surface area contributed by atoms with Gasteiger partial charge in [0, 0.05) is 23.6 Å². The summed E-state index contributed by atoms with van der Waals surface area (Å²) in [6, 6.07) is 3.72. The van der Waals surface area contributed by atoms with Crippen LogP contribution < -0.4 is 14.8 Å². The lowest BCUT2D eigenvalue weighted by molar-refractivity contribution is -0.137. The van der Waals surface area contributed by atoms with Gasteiger partial charge in [-0.05, 0) is 26.5 Å². The number of benzene rings is 1. The zero-order valence-corrected chi connectivity index (χ0v) is 11.8. The lowest BCUT2D eigenvalue weighted by Gasteiger charge is -2.21. The molecule has 0 aliphatic heterocycles. The molecular weight excluding hydrogens is 246 g/mol. The fourth-order valence-corrected chi connectivity index (χ4v) is 2.18. The van der Waals surface area contributed by atoms with Gasteiger partial charge in [-0.1, -0.05) is 6.07 Å². The minimum Gasteiger partial charge on any atom is -0.496 e. The largest absolute Gasteiger partial charge is 0.496 e. The van der Waals surface area contributed by atoms with E-state index in [-0.39, 0.29) is 12.5 Å². The number of aliphatic carboxylic acids is 1. The summed E-state index contributed by atoms with van der Waals surface area (Å²) in [4.78, 5) is 10.7. The molecule has 2 N–H and O–H groups in total. The van der Waals surface area contributed by atoms with E-state index in [1.807, 2.05) is 26.1 Å². The number of rotatable bonds is 7. The Balaban J connectivity index is 3.09. The molecule has 1 atom stereocenters. The fraction of sp³-hybridized carbons (Fsp3) is 0.500. The van der Waals surface area contributed by atoms with E-state index in [4.69, 9.17) is 14.6 Å². The van der Waals surface area contributed by atoms with Crippen LogP contribution in [0.3, 0.4) is 0 Å². The molecule has 5 heteroatoms. The number of carboxylic acids is 1. The summed E-state index contributed by atoms with van der Waals surface area (Å²) in [6.45, 7) is 1.92. The van der Waals surface area contributed by atoms with Crippen LogP contribution in [-0.4, -0.2) is 32.3 Å². The number of hydrogen-bond acceptors (Lipinski definition) is 4. The Hall–Kier alpha value is -1.75. The molecule has 0 spiro atoms. The van der Waals surface area contributed by atoms with Gasteiger partial charge < -0.3 is 19.9 Å². The molecule has 5 nitrogen and oxygen atoms in total. The fourth-order valence-electron chi connectivity index (χ4n) is 2.18. The quantitative estimate of drug-likeness (QED) is 0.792. The Morgan fingerprint density at radius 2 is 2.05 bits per heavy atom. The summed E-state index contributed by atoms with van der Waals surface area (Å²) in [5.74, 6) is 0.697. The molecule has 19 heavy (non-hydrogen) atoms. The highest BCUT2D eigenvalue weighted by Crippen LogP contribution is 2.36. The third-order valence-electron chi connectivity index (χ3n) is 3.18. The maximum atomic E-state index is 10.7. The van der Waals surface area contributed by atoms with Crippen molar-refractivity contribution in [2.24, 2.45) is 0 Å². The Bertz CT molecular complexity index is 445. The summed E-state index contributed by atoms with van der Waals surface area (Å²) in [7, 11) is 5.03. The summed E-state index contributed by atoms with van der Waals surface area (Å²) in [5, 5.41) is 11.9. The van der Waals surface area contributed by atoms with E-state index in [1.54, 1.807) is 14.2 Å². The maximum absolute atomic E-state index is 10.7. The van der Waals surface area contributed by atoms with Crippen molar-refractivity contribution in [1.82, 2.24) is 5.32 Å². The molecule has 1 aromatic carbocycles. The van der Waals surface area contributed by atoms with Crippen molar-refractivity contribution in [2.75, 3.05) is 21.3 Å². The summed E-state index contributed by atoms with van der Waals surface area (Å²) in [6.07, 6.45) is 0.619. The maximum Gasteiger partial charge on any atom is 0.303 e. The molecule has 0 aromatic heterocycles. The van der Waals surface area contributed by atoms with Crippen LogP contribution in [-0.2, 0) is 4.79 Å². The van der Waals surface area contributed by atoms with Crippen LogP contribution in [0, 0.1) is 6.92 Å². The van der Waals surface area contributed by atoms with E-state index in [0.717, 1.165) is 22.6 Å². The van der Waals surface area contributed by atoms with E-state index in [0.29, 0.717) is 6.42 Å². The second kappa shape index (κ2) is 6.99. The first-order valence-electron chi connectivity index (χ1n) is 6.15. The van der Waals surface area contributed by atoms with E-state index in [9.17, 15) is 4.79 Å². The van der Waals surface area contributed by atoms with Crippen LogP contribution in [0.1, 0.15) is 30.0 Å². The highest BCUT2D eigenvalue weighted by molar-refractivity contribution is 5.66. The number of ether oxygens (including phenoxy) is 2. The monoisotopic (exact) mass is 267 g/mol. The van der Waals surface area contributed by atoms with Gasteiger partial charge in [0.15, 0.2) is 0 Å². The third-order valence-corrected chi connectivity index (χ3v) is 3.18. The predicted octanol–water partition coefficient (Wildman–Crippen LogP) is 2.14. The summed E-state index contributed by atoms with van der Waals surface area (Å²) in [5.41, 5.74) is 1.86. The molecule has 0 aliphatic rings. The third kappa shape index (κ3) is 3.61. The first kappa shape index (κ1) is 15.3. The standard InChI is InChI=1S/C14H21NO4/c1-9-12(18-3)7-5-10(14(9)19-4)11(15-2)6-8-13(16)17/h5,7,11,15H,6,8H2,1-4H3,(H,16,17). The van der Waals surface area contributed by atoms with Gasteiger partial charge in [0.25, 0.3) is 0 Å². The zero-order valence-electron chi connectivity index (χ0n) is 11.8. The molecule has 0 saturated carbocycles. The SMILES string of the molecule is CNC(CCC(=O)O)c1ccc(OC)c(C)c1OC. The summed E-state index contributed by atoms with van der Waals surface area (Å²) < 4.78 is 10.7. The van der Waals surface area contributed by atoms with Crippen LogP contribution in [0.5, 0.6) is 11.5 Å². The van der Waals surface area contributed by atoms with Crippen molar-refractivity contribution >= 4 is 5.97 Å². The second-order valence-electron chi connectivity index (χ2n) is 4.29. The van der Waals surface area contributed by atoms with Gasteiger partial charge in [0.1, 0.15) is 11.5 Å². The summed E-state index contributed by atoms with van der Waals surface area (Å²) >= 11 is 0. The van der Waals surface area contributed by atoms with Gasteiger partial charge in [-0.3, -0.25) is 4.79 Å². The van der Waals surface area contributed by atoms with Crippen molar-refractivity contribution in [1.29, 1.82) is 0 Å². The first-order valence-corrected chi connectivity index (χ1v) is 6.15. The van der Waals surface area contributed by atoms with Crippen LogP contribution in [0.15, 0.2) is 12.1 Å². The molecule has 1 unspecified atom stereocenters. The molecule has 0 bridgehead atoms. The average Bonchev–Trinajstić information content (AvgIpc) is 2.39. The van der Waals surface area contributed by atoms with Crippen molar-refractivity contribution < 1.29 is 19.4 Å². The molecule has 0 fully saturated rings. The minimum atomic E-state index is -0.801. The Kier molecular flexibility index (Phi) is 5.63. The van der Waals surface area contributed by atoms with Gasteiger partial charge in [-0.25, -0.2) is 0 Å². The van der Waals surface area contributed by atoms with Gasteiger partial charge in [-0.2, -0.15) is 0 Å². The van der Waals surface area contributed by atoms with E-state index in [1.165, 1.54) is 0 Å². The Morgan fingerprint density at radius 3 is 2.53 bits per heavy atom. The predicted molar refractivity (Wildman–Crippen MR) is 73.0 cm³/mol. The molecule has 0 amide bonds. The van der Waals surface area contributed by atoms with Crippen molar-refractivity contribution in [3.63, 3.8) is 0 Å². The van der Waals surface area contributed by atoms with Crippen molar-refractivity contribution in [3.8, 4) is 11.5 Å². The van der Waals surface area contributed by atoms with Crippen molar-refractivity contribution in [2.45, 2.75) is 25.8 Å². The van der Waals surface area contributed by atoms with Gasteiger partial charge in [0.05, 0.1) is 14.2 Å².